The van der Waals surface area contributed by atoms with Gasteiger partial charge in [0.25, 0.3) is 0 Å². The van der Waals surface area contributed by atoms with Crippen LogP contribution in [0, 0.1) is 11.3 Å². The molecule has 1 unspecified atom stereocenters. The molecule has 6 nitrogen and oxygen atoms in total. The van der Waals surface area contributed by atoms with E-state index < -0.39 is 11.7 Å². The van der Waals surface area contributed by atoms with Crippen LogP contribution < -0.4 is 0 Å². The minimum absolute atomic E-state index is 0.225. The molecule has 0 radical (unpaired) electrons. The molecule has 34 heavy (non-hydrogen) atoms. The average Bonchev–Trinajstić information content (AvgIpc) is 3.21. The predicted octanol–water partition coefficient (Wildman–Crippen LogP) is 4.93. The molecule has 10 heteroatoms. The maximum absolute atomic E-state index is 12.8. The summed E-state index contributed by atoms with van der Waals surface area (Å²) in [6.45, 7) is 2.88. The molecular weight excluding hydrogens is 463 g/mol. The van der Waals surface area contributed by atoms with Gasteiger partial charge in [-0.15, -0.1) is 10.2 Å². The molecule has 0 N–H and O–H groups in total. The maximum atomic E-state index is 12.8. The first-order chi connectivity index (χ1) is 16.3. The molecule has 3 aromatic rings. The van der Waals surface area contributed by atoms with Crippen molar-refractivity contribution in [3.63, 3.8) is 0 Å². The van der Waals surface area contributed by atoms with Crippen molar-refractivity contribution in [2.75, 3.05) is 32.0 Å². The quantitative estimate of drug-likeness (QED) is 0.348. The fraction of sp³-hybridized carbons (Fsp3) is 0.375. The van der Waals surface area contributed by atoms with Crippen LogP contribution in [0.2, 0.25) is 0 Å². The van der Waals surface area contributed by atoms with Gasteiger partial charge < -0.3 is 9.30 Å². The van der Waals surface area contributed by atoms with Crippen molar-refractivity contribution in [1.82, 2.24) is 19.7 Å². The molecule has 1 aromatic heterocycles. The Kier molecular flexibility index (Phi) is 7.56. The summed E-state index contributed by atoms with van der Waals surface area (Å²) < 4.78 is 46.1. The van der Waals surface area contributed by atoms with Gasteiger partial charge in [0.05, 0.1) is 29.9 Å². The van der Waals surface area contributed by atoms with Crippen molar-refractivity contribution in [2.45, 2.75) is 23.9 Å². The highest BCUT2D eigenvalue weighted by Crippen LogP contribution is 2.31. The molecule has 0 spiro atoms. The number of halogens is 3. The first-order valence-electron chi connectivity index (χ1n) is 10.9. The van der Waals surface area contributed by atoms with E-state index >= 15 is 0 Å². The van der Waals surface area contributed by atoms with Crippen LogP contribution in [0.3, 0.4) is 0 Å². The van der Waals surface area contributed by atoms with Crippen molar-refractivity contribution >= 4 is 11.8 Å². The van der Waals surface area contributed by atoms with Crippen molar-refractivity contribution in [3.8, 4) is 17.5 Å². The van der Waals surface area contributed by atoms with Gasteiger partial charge in [-0.2, -0.15) is 18.4 Å². The molecule has 1 saturated heterocycles. The van der Waals surface area contributed by atoms with E-state index in [4.69, 9.17) is 10.00 Å². The lowest BCUT2D eigenvalue weighted by atomic mass is 10.1. The predicted molar refractivity (Wildman–Crippen MR) is 123 cm³/mol. The van der Waals surface area contributed by atoms with Crippen LogP contribution in [0.4, 0.5) is 13.2 Å². The Morgan fingerprint density at radius 1 is 1.12 bits per heavy atom. The number of aromatic nitrogens is 3. The van der Waals surface area contributed by atoms with E-state index in [-0.39, 0.29) is 6.10 Å². The zero-order valence-electron chi connectivity index (χ0n) is 18.6. The van der Waals surface area contributed by atoms with Gasteiger partial charge >= 0.3 is 6.18 Å². The maximum Gasteiger partial charge on any atom is 0.416 e. The Labute approximate surface area is 200 Å². The lowest BCUT2D eigenvalue weighted by molar-refractivity contribution is -0.137. The monoisotopic (exact) mass is 487 g/mol. The van der Waals surface area contributed by atoms with Crippen molar-refractivity contribution < 1.29 is 17.9 Å². The molecule has 0 amide bonds. The molecular formula is C24H24F3N5OS. The largest absolute Gasteiger partial charge is 0.416 e. The number of hydrogen-bond donors (Lipinski definition) is 0. The van der Waals surface area contributed by atoms with E-state index in [2.05, 4.69) is 21.2 Å². The number of alkyl halides is 3. The third kappa shape index (κ3) is 5.78. The second-order valence-electron chi connectivity index (χ2n) is 8.04. The standard InChI is InChI=1S/C24H24F3N5OS/c1-31-22(19-5-3-17(15-28)4-6-19)29-30-23(31)34-14-2-11-32-12-13-33-21(16-32)18-7-9-20(10-8-18)24(25,26)27/h3-10,21H,2,11-14,16H2,1H3. The van der Waals surface area contributed by atoms with Gasteiger partial charge in [-0.3, -0.25) is 4.90 Å². The average molecular weight is 488 g/mol. The Bertz CT molecular complexity index is 1140. The molecule has 1 aliphatic rings. The second kappa shape index (κ2) is 10.6. The Morgan fingerprint density at radius 2 is 1.85 bits per heavy atom. The summed E-state index contributed by atoms with van der Waals surface area (Å²) in [7, 11) is 1.92. The van der Waals surface area contributed by atoms with Crippen LogP contribution in [0.25, 0.3) is 11.4 Å². The van der Waals surface area contributed by atoms with Gasteiger partial charge in [-0.25, -0.2) is 0 Å². The van der Waals surface area contributed by atoms with E-state index in [0.29, 0.717) is 18.7 Å². The van der Waals surface area contributed by atoms with E-state index in [1.165, 1.54) is 12.1 Å². The molecule has 0 aliphatic carbocycles. The highest BCUT2D eigenvalue weighted by atomic mass is 32.2. The van der Waals surface area contributed by atoms with Crippen LogP contribution in [-0.4, -0.2) is 51.7 Å². The van der Waals surface area contributed by atoms with Crippen molar-refractivity contribution in [3.05, 3.63) is 65.2 Å². The Hall–Kier alpha value is -2.87. The highest BCUT2D eigenvalue weighted by molar-refractivity contribution is 7.99. The normalized spacial score (nSPS) is 17.0. The minimum atomic E-state index is -4.33. The van der Waals surface area contributed by atoms with Gasteiger partial charge in [0.15, 0.2) is 11.0 Å². The molecule has 1 atom stereocenters. The number of ether oxygens (including phenoxy) is 1. The molecule has 1 aliphatic heterocycles. The smallest absolute Gasteiger partial charge is 0.371 e. The lowest BCUT2D eigenvalue weighted by Gasteiger charge is -2.33. The third-order valence-electron chi connectivity index (χ3n) is 5.72. The summed E-state index contributed by atoms with van der Waals surface area (Å²) in [6.07, 6.45) is -3.62. The summed E-state index contributed by atoms with van der Waals surface area (Å²) in [5, 5.41) is 18.3. The summed E-state index contributed by atoms with van der Waals surface area (Å²) in [5.41, 5.74) is 1.63. The van der Waals surface area contributed by atoms with Crippen LogP contribution in [0.5, 0.6) is 0 Å². The first-order valence-corrected chi connectivity index (χ1v) is 11.9. The topological polar surface area (TPSA) is 67.0 Å². The first kappa shape index (κ1) is 24.3. The summed E-state index contributed by atoms with van der Waals surface area (Å²) >= 11 is 1.63. The molecule has 4 rings (SSSR count). The van der Waals surface area contributed by atoms with E-state index in [0.717, 1.165) is 59.5 Å². The summed E-state index contributed by atoms with van der Waals surface area (Å²) in [6, 6.07) is 14.6. The number of nitriles is 1. The summed E-state index contributed by atoms with van der Waals surface area (Å²) in [5.74, 6) is 1.61. The van der Waals surface area contributed by atoms with Gasteiger partial charge in [-0.1, -0.05) is 23.9 Å². The zero-order chi connectivity index (χ0) is 24.1. The lowest BCUT2D eigenvalue weighted by Crippen LogP contribution is -2.39. The molecule has 1 fully saturated rings. The third-order valence-corrected chi connectivity index (χ3v) is 6.82. The number of morpholine rings is 1. The number of thioether (sulfide) groups is 1. The van der Waals surface area contributed by atoms with Crippen LogP contribution >= 0.6 is 11.8 Å². The zero-order valence-corrected chi connectivity index (χ0v) is 19.4. The molecule has 0 bridgehead atoms. The number of benzene rings is 2. The fourth-order valence-electron chi connectivity index (χ4n) is 3.83. The van der Waals surface area contributed by atoms with Crippen LogP contribution in [-0.2, 0) is 18.0 Å². The van der Waals surface area contributed by atoms with Gasteiger partial charge in [0, 0.05) is 31.5 Å². The Balaban J connectivity index is 1.26. The Morgan fingerprint density at radius 3 is 2.53 bits per heavy atom. The van der Waals surface area contributed by atoms with Gasteiger partial charge in [0.1, 0.15) is 0 Å². The van der Waals surface area contributed by atoms with E-state index in [9.17, 15) is 13.2 Å². The van der Waals surface area contributed by atoms with Crippen molar-refractivity contribution in [1.29, 1.82) is 5.26 Å². The SMILES string of the molecule is Cn1c(SCCCN2CCOC(c3ccc(C(F)(F)F)cc3)C2)nnc1-c1ccc(C#N)cc1. The van der Waals surface area contributed by atoms with Gasteiger partial charge in [-0.05, 0) is 54.9 Å². The van der Waals surface area contributed by atoms with E-state index in [1.54, 1.807) is 23.9 Å². The molecule has 178 valence electrons. The van der Waals surface area contributed by atoms with Crippen LogP contribution in [0.15, 0.2) is 53.7 Å². The minimum Gasteiger partial charge on any atom is -0.371 e. The number of nitrogens with zero attached hydrogens (tertiary/aromatic N) is 5. The number of rotatable bonds is 7. The molecule has 2 heterocycles. The van der Waals surface area contributed by atoms with Crippen molar-refractivity contribution in [2.24, 2.45) is 7.05 Å². The summed E-state index contributed by atoms with van der Waals surface area (Å²) in [4.78, 5) is 2.28. The second-order valence-corrected chi connectivity index (χ2v) is 9.10. The van der Waals surface area contributed by atoms with E-state index in [1.807, 2.05) is 23.7 Å². The van der Waals surface area contributed by atoms with Crippen LogP contribution in [0.1, 0.15) is 29.2 Å². The fourth-order valence-corrected chi connectivity index (χ4v) is 4.67. The molecule has 0 saturated carbocycles. The number of hydrogen-bond acceptors (Lipinski definition) is 6. The highest BCUT2D eigenvalue weighted by Gasteiger charge is 2.30. The molecule has 2 aromatic carbocycles. The van der Waals surface area contributed by atoms with Gasteiger partial charge in [0.2, 0.25) is 0 Å².